The highest BCUT2D eigenvalue weighted by molar-refractivity contribution is 7.93. The summed E-state index contributed by atoms with van der Waals surface area (Å²) < 4.78 is 38.1. The van der Waals surface area contributed by atoms with Crippen LogP contribution in [0.4, 0.5) is 5.69 Å². The Bertz CT molecular complexity index is 1230. The summed E-state index contributed by atoms with van der Waals surface area (Å²) in [6.45, 7) is 1.92. The molecule has 1 aliphatic rings. The lowest BCUT2D eigenvalue weighted by Crippen LogP contribution is -2.39. The SMILES string of the molecule is COc1ccc(C(=O)N2c3ccc(C)cc3-c3ccccc3S2(=O)=O)cc1OC. The summed E-state index contributed by atoms with van der Waals surface area (Å²) in [5, 5.41) is 0. The summed E-state index contributed by atoms with van der Waals surface area (Å²) in [5.74, 6) is 0.134. The molecule has 0 aliphatic carbocycles. The maximum absolute atomic E-state index is 13.4. The molecule has 4 rings (SSSR count). The monoisotopic (exact) mass is 409 g/mol. The lowest BCUT2D eigenvalue weighted by atomic mass is 10.0. The number of carbonyl (C=O) groups is 1. The van der Waals surface area contributed by atoms with Gasteiger partial charge in [-0.25, -0.2) is 8.42 Å². The summed E-state index contributed by atoms with van der Waals surface area (Å²) >= 11 is 0. The van der Waals surface area contributed by atoms with E-state index in [4.69, 9.17) is 9.47 Å². The molecule has 1 amide bonds. The second kappa shape index (κ2) is 6.93. The minimum Gasteiger partial charge on any atom is -0.493 e. The molecule has 0 unspecified atom stereocenters. The van der Waals surface area contributed by atoms with Crippen LogP contribution in [0.25, 0.3) is 11.1 Å². The van der Waals surface area contributed by atoms with Crippen LogP contribution < -0.4 is 13.8 Å². The molecule has 6 nitrogen and oxygen atoms in total. The van der Waals surface area contributed by atoms with Gasteiger partial charge in [0, 0.05) is 16.7 Å². The highest BCUT2D eigenvalue weighted by Gasteiger charge is 2.39. The minimum atomic E-state index is -4.08. The molecule has 7 heteroatoms. The summed E-state index contributed by atoms with van der Waals surface area (Å²) in [6.07, 6.45) is 0. The lowest BCUT2D eigenvalue weighted by molar-refractivity contribution is 0.100. The van der Waals surface area contributed by atoms with Gasteiger partial charge in [0.15, 0.2) is 11.5 Å². The number of nitrogens with zero attached hydrogens (tertiary/aromatic N) is 1. The number of carbonyl (C=O) groups excluding carboxylic acids is 1. The third kappa shape index (κ3) is 2.94. The standard InChI is InChI=1S/C22H19NO5S/c1-14-8-10-18-17(12-14)16-6-4-5-7-21(16)29(25,26)23(18)22(24)15-9-11-19(27-2)20(13-15)28-3/h4-13H,1-3H3. The Morgan fingerprint density at radius 3 is 2.31 bits per heavy atom. The Kier molecular flexibility index (Phi) is 4.55. The Morgan fingerprint density at radius 1 is 0.862 bits per heavy atom. The topological polar surface area (TPSA) is 72.9 Å². The van der Waals surface area contributed by atoms with Crippen LogP contribution in [0.1, 0.15) is 15.9 Å². The quantitative estimate of drug-likeness (QED) is 0.653. The summed E-state index contributed by atoms with van der Waals surface area (Å²) in [5.41, 5.74) is 2.76. The number of rotatable bonds is 3. The van der Waals surface area contributed by atoms with E-state index in [-0.39, 0.29) is 10.5 Å². The van der Waals surface area contributed by atoms with Crippen LogP contribution in [0.2, 0.25) is 0 Å². The van der Waals surface area contributed by atoms with Crippen molar-refractivity contribution >= 4 is 21.6 Å². The normalized spacial score (nSPS) is 14.0. The second-order valence-corrected chi connectivity index (χ2v) is 8.42. The first kappa shape index (κ1) is 19.0. The van der Waals surface area contributed by atoms with Gasteiger partial charge in [-0.1, -0.05) is 29.8 Å². The van der Waals surface area contributed by atoms with Crippen LogP contribution >= 0.6 is 0 Å². The van der Waals surface area contributed by atoms with E-state index in [9.17, 15) is 13.2 Å². The van der Waals surface area contributed by atoms with E-state index in [1.54, 1.807) is 36.4 Å². The summed E-state index contributed by atoms with van der Waals surface area (Å²) in [7, 11) is -1.13. The molecule has 0 spiro atoms. The van der Waals surface area contributed by atoms with Crippen LogP contribution in [-0.4, -0.2) is 28.5 Å². The molecule has 3 aromatic carbocycles. The van der Waals surface area contributed by atoms with E-state index in [2.05, 4.69) is 0 Å². The minimum absolute atomic E-state index is 0.104. The van der Waals surface area contributed by atoms with Crippen molar-refractivity contribution in [3.05, 3.63) is 71.8 Å². The zero-order valence-corrected chi connectivity index (χ0v) is 17.0. The van der Waals surface area contributed by atoms with E-state index in [0.29, 0.717) is 28.3 Å². The summed E-state index contributed by atoms with van der Waals surface area (Å²) in [6, 6.07) is 16.6. The predicted molar refractivity (Wildman–Crippen MR) is 110 cm³/mol. The van der Waals surface area contributed by atoms with Crippen molar-refractivity contribution in [2.75, 3.05) is 18.5 Å². The van der Waals surface area contributed by atoms with Gasteiger partial charge in [0.25, 0.3) is 15.9 Å². The second-order valence-electron chi connectivity index (χ2n) is 6.66. The van der Waals surface area contributed by atoms with Gasteiger partial charge in [0.05, 0.1) is 24.8 Å². The average molecular weight is 409 g/mol. The molecule has 1 heterocycles. The number of methoxy groups -OCH3 is 2. The van der Waals surface area contributed by atoms with Crippen LogP contribution in [0.3, 0.4) is 0 Å². The molecule has 0 radical (unpaired) electrons. The number of fused-ring (bicyclic) bond motifs is 3. The molecule has 3 aromatic rings. The Morgan fingerprint density at radius 2 is 1.59 bits per heavy atom. The Labute approximate surface area is 169 Å². The largest absolute Gasteiger partial charge is 0.493 e. The fraction of sp³-hybridized carbons (Fsp3) is 0.136. The van der Waals surface area contributed by atoms with Gasteiger partial charge in [-0.15, -0.1) is 0 Å². The average Bonchev–Trinajstić information content (AvgIpc) is 2.73. The molecule has 1 aliphatic heterocycles. The molecular formula is C22H19NO5S. The van der Waals surface area contributed by atoms with Crippen molar-refractivity contribution in [2.45, 2.75) is 11.8 Å². The smallest absolute Gasteiger partial charge is 0.272 e. The third-order valence-corrected chi connectivity index (χ3v) is 6.64. The van der Waals surface area contributed by atoms with Crippen molar-refractivity contribution in [3.8, 4) is 22.6 Å². The van der Waals surface area contributed by atoms with E-state index in [0.717, 1.165) is 9.87 Å². The van der Waals surface area contributed by atoms with Crippen LogP contribution in [0, 0.1) is 6.92 Å². The first-order valence-corrected chi connectivity index (χ1v) is 10.3. The maximum Gasteiger partial charge on any atom is 0.272 e. The van der Waals surface area contributed by atoms with E-state index < -0.39 is 15.9 Å². The number of hydrogen-bond acceptors (Lipinski definition) is 5. The van der Waals surface area contributed by atoms with Crippen LogP contribution in [0.5, 0.6) is 11.5 Å². The van der Waals surface area contributed by atoms with Gasteiger partial charge >= 0.3 is 0 Å². The van der Waals surface area contributed by atoms with Gasteiger partial charge in [-0.2, -0.15) is 4.31 Å². The lowest BCUT2D eigenvalue weighted by Gasteiger charge is -2.31. The number of benzene rings is 3. The molecule has 29 heavy (non-hydrogen) atoms. The molecule has 0 bridgehead atoms. The van der Waals surface area contributed by atoms with Gasteiger partial charge in [-0.05, 0) is 43.3 Å². The number of aryl methyl sites for hydroxylation is 1. The van der Waals surface area contributed by atoms with Gasteiger partial charge in [0.2, 0.25) is 0 Å². The van der Waals surface area contributed by atoms with E-state index >= 15 is 0 Å². The Hall–Kier alpha value is -3.32. The van der Waals surface area contributed by atoms with E-state index in [1.165, 1.54) is 32.4 Å². The van der Waals surface area contributed by atoms with Crippen molar-refractivity contribution in [1.82, 2.24) is 0 Å². The van der Waals surface area contributed by atoms with Gasteiger partial charge in [-0.3, -0.25) is 4.79 Å². The first-order valence-electron chi connectivity index (χ1n) is 8.90. The van der Waals surface area contributed by atoms with Crippen molar-refractivity contribution in [2.24, 2.45) is 0 Å². The highest BCUT2D eigenvalue weighted by atomic mass is 32.2. The number of sulfonamides is 1. The molecule has 0 saturated heterocycles. The highest BCUT2D eigenvalue weighted by Crippen LogP contribution is 2.44. The molecular weight excluding hydrogens is 390 g/mol. The van der Waals surface area contributed by atoms with Crippen LogP contribution in [0.15, 0.2) is 65.6 Å². The molecule has 148 valence electrons. The fourth-order valence-corrected chi connectivity index (χ4v) is 5.13. The zero-order valence-electron chi connectivity index (χ0n) is 16.2. The van der Waals surface area contributed by atoms with Crippen molar-refractivity contribution in [1.29, 1.82) is 0 Å². The predicted octanol–water partition coefficient (Wildman–Crippen LogP) is 4.03. The van der Waals surface area contributed by atoms with E-state index in [1.807, 2.05) is 13.0 Å². The number of anilines is 1. The van der Waals surface area contributed by atoms with Crippen molar-refractivity contribution in [3.63, 3.8) is 0 Å². The van der Waals surface area contributed by atoms with Gasteiger partial charge in [0.1, 0.15) is 0 Å². The third-order valence-electron chi connectivity index (χ3n) is 4.88. The first-order chi connectivity index (χ1) is 13.9. The molecule has 0 N–H and O–H groups in total. The van der Waals surface area contributed by atoms with Crippen molar-refractivity contribution < 1.29 is 22.7 Å². The summed E-state index contributed by atoms with van der Waals surface area (Å²) in [4.78, 5) is 13.5. The zero-order chi connectivity index (χ0) is 20.8. The fourth-order valence-electron chi connectivity index (χ4n) is 3.49. The van der Waals surface area contributed by atoms with Gasteiger partial charge < -0.3 is 9.47 Å². The number of ether oxygens (including phenoxy) is 2. The molecule has 0 fully saturated rings. The molecule has 0 atom stereocenters. The van der Waals surface area contributed by atoms with Crippen LogP contribution in [-0.2, 0) is 10.0 Å². The Balaban J connectivity index is 1.93. The maximum atomic E-state index is 13.4. The molecule has 0 saturated carbocycles. The number of hydrogen-bond donors (Lipinski definition) is 0. The molecule has 0 aromatic heterocycles. The number of amides is 1.